The van der Waals surface area contributed by atoms with Gasteiger partial charge in [-0.1, -0.05) is 6.07 Å². The maximum atomic E-state index is 3.38. The maximum Gasteiger partial charge on any atom is 0.0329 e. The second kappa shape index (κ2) is 5.45. The molecule has 0 aliphatic heterocycles. The lowest BCUT2D eigenvalue weighted by Crippen LogP contribution is -2.16. The Morgan fingerprint density at radius 3 is 2.87 bits per heavy atom. The van der Waals surface area contributed by atoms with E-state index in [0.717, 1.165) is 0 Å². The summed E-state index contributed by atoms with van der Waals surface area (Å²) in [5.41, 5.74) is 1.42. The zero-order valence-corrected chi connectivity index (χ0v) is 10.4. The SMILES string of the molecule is CNC(CCc1cccs1)c1ccsc1. The van der Waals surface area contributed by atoms with E-state index in [0.29, 0.717) is 6.04 Å². The normalized spacial score (nSPS) is 12.9. The van der Waals surface area contributed by atoms with Crippen LogP contribution in [0, 0.1) is 0 Å². The highest BCUT2D eigenvalue weighted by molar-refractivity contribution is 7.09. The van der Waals surface area contributed by atoms with Gasteiger partial charge in [0.25, 0.3) is 0 Å². The monoisotopic (exact) mass is 237 g/mol. The van der Waals surface area contributed by atoms with Crippen molar-refractivity contribution in [3.8, 4) is 0 Å². The summed E-state index contributed by atoms with van der Waals surface area (Å²) in [6.07, 6.45) is 2.34. The summed E-state index contributed by atoms with van der Waals surface area (Å²) in [6, 6.07) is 7.04. The minimum absolute atomic E-state index is 0.498. The molecule has 0 aliphatic rings. The van der Waals surface area contributed by atoms with Crippen molar-refractivity contribution in [3.63, 3.8) is 0 Å². The van der Waals surface area contributed by atoms with Crippen molar-refractivity contribution >= 4 is 22.7 Å². The van der Waals surface area contributed by atoms with Crippen LogP contribution in [0.3, 0.4) is 0 Å². The van der Waals surface area contributed by atoms with Crippen LogP contribution in [-0.4, -0.2) is 7.05 Å². The molecule has 2 aromatic rings. The van der Waals surface area contributed by atoms with Gasteiger partial charge in [-0.25, -0.2) is 0 Å². The van der Waals surface area contributed by atoms with Gasteiger partial charge >= 0.3 is 0 Å². The number of rotatable bonds is 5. The molecule has 0 saturated heterocycles. The molecule has 1 nitrogen and oxygen atoms in total. The third kappa shape index (κ3) is 2.91. The number of thiophene rings is 2. The van der Waals surface area contributed by atoms with E-state index in [-0.39, 0.29) is 0 Å². The highest BCUT2D eigenvalue weighted by atomic mass is 32.1. The molecule has 1 atom stereocenters. The summed E-state index contributed by atoms with van der Waals surface area (Å²) in [5, 5.41) is 9.90. The molecule has 0 fully saturated rings. The number of hydrogen-bond acceptors (Lipinski definition) is 3. The Labute approximate surface area is 98.8 Å². The van der Waals surface area contributed by atoms with Gasteiger partial charge in [0, 0.05) is 10.9 Å². The summed E-state index contributed by atoms with van der Waals surface area (Å²) in [5.74, 6) is 0. The molecule has 3 heteroatoms. The summed E-state index contributed by atoms with van der Waals surface area (Å²) < 4.78 is 0. The molecular formula is C12H15NS2. The van der Waals surface area contributed by atoms with Crippen LogP contribution in [0.4, 0.5) is 0 Å². The lowest BCUT2D eigenvalue weighted by molar-refractivity contribution is 0.553. The summed E-state index contributed by atoms with van der Waals surface area (Å²) in [6.45, 7) is 0. The van der Waals surface area contributed by atoms with Crippen LogP contribution in [0.5, 0.6) is 0 Å². The largest absolute Gasteiger partial charge is 0.313 e. The van der Waals surface area contributed by atoms with Crippen LogP contribution in [-0.2, 0) is 6.42 Å². The van der Waals surface area contributed by atoms with E-state index in [1.54, 1.807) is 11.3 Å². The molecule has 0 spiro atoms. The van der Waals surface area contributed by atoms with Crippen molar-refractivity contribution in [3.05, 3.63) is 44.8 Å². The average Bonchev–Trinajstić information content (AvgIpc) is 2.90. The molecule has 0 bridgehead atoms. The van der Waals surface area contributed by atoms with Crippen molar-refractivity contribution in [2.45, 2.75) is 18.9 Å². The third-order valence-corrected chi connectivity index (χ3v) is 4.19. The van der Waals surface area contributed by atoms with Gasteiger partial charge in [-0.15, -0.1) is 11.3 Å². The van der Waals surface area contributed by atoms with Gasteiger partial charge in [-0.05, 0) is 53.7 Å². The topological polar surface area (TPSA) is 12.0 Å². The van der Waals surface area contributed by atoms with Crippen molar-refractivity contribution in [2.24, 2.45) is 0 Å². The fourth-order valence-electron chi connectivity index (χ4n) is 1.69. The van der Waals surface area contributed by atoms with Gasteiger partial charge in [0.15, 0.2) is 0 Å². The molecule has 0 saturated carbocycles. The van der Waals surface area contributed by atoms with Gasteiger partial charge in [-0.2, -0.15) is 11.3 Å². The van der Waals surface area contributed by atoms with Crippen LogP contribution in [0.15, 0.2) is 34.3 Å². The van der Waals surface area contributed by atoms with Crippen LogP contribution in [0.25, 0.3) is 0 Å². The Hall–Kier alpha value is -0.640. The molecule has 1 N–H and O–H groups in total. The van der Waals surface area contributed by atoms with Crippen LogP contribution in [0.1, 0.15) is 22.9 Å². The molecule has 0 aromatic carbocycles. The van der Waals surface area contributed by atoms with E-state index in [1.165, 1.54) is 23.3 Å². The van der Waals surface area contributed by atoms with Gasteiger partial charge in [0.1, 0.15) is 0 Å². The van der Waals surface area contributed by atoms with E-state index in [1.807, 2.05) is 18.4 Å². The Morgan fingerprint density at radius 2 is 2.27 bits per heavy atom. The van der Waals surface area contributed by atoms with E-state index in [4.69, 9.17) is 0 Å². The maximum absolute atomic E-state index is 3.38. The smallest absolute Gasteiger partial charge is 0.0329 e. The standard InChI is InChI=1S/C12H15NS2/c1-13-12(10-6-8-14-9-10)5-4-11-3-2-7-15-11/h2-3,6-9,12-13H,4-5H2,1H3. The molecule has 0 amide bonds. The molecule has 2 aromatic heterocycles. The quantitative estimate of drug-likeness (QED) is 0.836. The lowest BCUT2D eigenvalue weighted by Gasteiger charge is -2.13. The molecule has 15 heavy (non-hydrogen) atoms. The second-order valence-corrected chi connectivity index (χ2v) is 5.33. The predicted octanol–water partition coefficient (Wildman–Crippen LogP) is 3.70. The molecule has 0 aliphatic carbocycles. The van der Waals surface area contributed by atoms with E-state index in [9.17, 15) is 0 Å². The second-order valence-electron chi connectivity index (χ2n) is 3.52. The lowest BCUT2D eigenvalue weighted by atomic mass is 10.1. The van der Waals surface area contributed by atoms with Crippen LogP contribution >= 0.6 is 22.7 Å². The summed E-state index contributed by atoms with van der Waals surface area (Å²) in [7, 11) is 2.04. The Balaban J connectivity index is 1.92. The first-order chi connectivity index (χ1) is 7.40. The zero-order valence-electron chi connectivity index (χ0n) is 8.77. The van der Waals surface area contributed by atoms with Crippen molar-refractivity contribution in [1.29, 1.82) is 0 Å². The Bertz CT molecular complexity index is 364. The van der Waals surface area contributed by atoms with Gasteiger partial charge in [-0.3, -0.25) is 0 Å². The fraction of sp³-hybridized carbons (Fsp3) is 0.333. The highest BCUT2D eigenvalue weighted by Crippen LogP contribution is 2.22. The molecular weight excluding hydrogens is 222 g/mol. The zero-order chi connectivity index (χ0) is 10.5. The first-order valence-corrected chi connectivity index (χ1v) is 6.94. The number of hydrogen-bond donors (Lipinski definition) is 1. The number of nitrogens with one attached hydrogen (secondary N) is 1. The van der Waals surface area contributed by atoms with Crippen LogP contribution < -0.4 is 5.32 Å². The van der Waals surface area contributed by atoms with E-state index >= 15 is 0 Å². The van der Waals surface area contributed by atoms with Gasteiger partial charge in [0.2, 0.25) is 0 Å². The van der Waals surface area contributed by atoms with Crippen LogP contribution in [0.2, 0.25) is 0 Å². The molecule has 2 rings (SSSR count). The fourth-order valence-corrected chi connectivity index (χ4v) is 3.13. The van der Waals surface area contributed by atoms with Crippen molar-refractivity contribution in [1.82, 2.24) is 5.32 Å². The molecule has 80 valence electrons. The Kier molecular flexibility index (Phi) is 3.94. The van der Waals surface area contributed by atoms with Gasteiger partial charge < -0.3 is 5.32 Å². The predicted molar refractivity (Wildman–Crippen MR) is 68.8 cm³/mol. The first kappa shape index (κ1) is 10.9. The van der Waals surface area contributed by atoms with E-state index < -0.39 is 0 Å². The van der Waals surface area contributed by atoms with Gasteiger partial charge in [0.05, 0.1) is 0 Å². The summed E-state index contributed by atoms with van der Waals surface area (Å²) in [4.78, 5) is 1.48. The van der Waals surface area contributed by atoms with E-state index in [2.05, 4.69) is 39.7 Å². The Morgan fingerprint density at radius 1 is 1.33 bits per heavy atom. The first-order valence-electron chi connectivity index (χ1n) is 5.12. The third-order valence-electron chi connectivity index (χ3n) is 2.55. The average molecular weight is 237 g/mol. The highest BCUT2D eigenvalue weighted by Gasteiger charge is 2.09. The molecule has 0 radical (unpaired) electrons. The number of aryl methyl sites for hydroxylation is 1. The minimum Gasteiger partial charge on any atom is -0.313 e. The minimum atomic E-state index is 0.498. The van der Waals surface area contributed by atoms with Crippen molar-refractivity contribution in [2.75, 3.05) is 7.05 Å². The molecule has 2 heterocycles. The van der Waals surface area contributed by atoms with Crippen molar-refractivity contribution < 1.29 is 0 Å². The molecule has 1 unspecified atom stereocenters. The summed E-state index contributed by atoms with van der Waals surface area (Å²) >= 11 is 3.62.